The standard InChI is InChI=1S/C20H22N2O3S/c1-5-10-22-15-11-16(24-3)17(25-4)12-18(15)26-20(22)21-19(23)14-8-6-13(2)7-9-14/h6-9,11-12H,5,10H2,1-4H3. The molecule has 6 heteroatoms. The Bertz CT molecular complexity index is 1000. The van der Waals surface area contributed by atoms with Gasteiger partial charge in [-0.1, -0.05) is 36.0 Å². The van der Waals surface area contributed by atoms with Crippen molar-refractivity contribution in [3.05, 3.63) is 52.3 Å². The van der Waals surface area contributed by atoms with Crippen molar-refractivity contribution < 1.29 is 14.3 Å². The Morgan fingerprint density at radius 1 is 1.12 bits per heavy atom. The molecule has 0 atom stereocenters. The van der Waals surface area contributed by atoms with Crippen LogP contribution in [0.15, 0.2) is 41.4 Å². The summed E-state index contributed by atoms with van der Waals surface area (Å²) in [5.74, 6) is 1.10. The fourth-order valence-electron chi connectivity index (χ4n) is 2.77. The van der Waals surface area contributed by atoms with Gasteiger partial charge in [0.25, 0.3) is 5.91 Å². The van der Waals surface area contributed by atoms with Gasteiger partial charge in [0, 0.05) is 24.2 Å². The highest BCUT2D eigenvalue weighted by molar-refractivity contribution is 7.16. The predicted octanol–water partition coefficient (Wildman–Crippen LogP) is 4.18. The molecule has 1 amide bonds. The lowest BCUT2D eigenvalue weighted by Crippen LogP contribution is -2.16. The summed E-state index contributed by atoms with van der Waals surface area (Å²) in [4.78, 5) is 17.7. The van der Waals surface area contributed by atoms with Crippen LogP contribution in [0, 0.1) is 6.92 Å². The molecule has 0 unspecified atom stereocenters. The number of nitrogens with zero attached hydrogens (tertiary/aromatic N) is 2. The number of hydrogen-bond acceptors (Lipinski definition) is 4. The third-order valence-corrected chi connectivity index (χ3v) is 5.17. The van der Waals surface area contributed by atoms with E-state index in [0.29, 0.717) is 21.9 Å². The molecule has 3 rings (SSSR count). The Labute approximate surface area is 156 Å². The van der Waals surface area contributed by atoms with Crippen LogP contribution in [0.4, 0.5) is 0 Å². The Kier molecular flexibility index (Phi) is 5.42. The Morgan fingerprint density at radius 2 is 1.77 bits per heavy atom. The molecular formula is C20H22N2O3S. The molecule has 0 aliphatic carbocycles. The molecule has 0 N–H and O–H groups in total. The van der Waals surface area contributed by atoms with E-state index in [1.165, 1.54) is 11.3 Å². The largest absolute Gasteiger partial charge is 0.493 e. The lowest BCUT2D eigenvalue weighted by Gasteiger charge is -2.08. The molecule has 2 aromatic carbocycles. The summed E-state index contributed by atoms with van der Waals surface area (Å²) in [7, 11) is 3.23. The number of rotatable bonds is 5. The van der Waals surface area contributed by atoms with Crippen molar-refractivity contribution in [3.8, 4) is 11.5 Å². The number of aromatic nitrogens is 1. The fourth-order valence-corrected chi connectivity index (χ4v) is 3.83. The van der Waals surface area contributed by atoms with E-state index in [2.05, 4.69) is 16.5 Å². The van der Waals surface area contributed by atoms with Crippen molar-refractivity contribution in [1.29, 1.82) is 0 Å². The van der Waals surface area contributed by atoms with Crippen molar-refractivity contribution >= 4 is 27.5 Å². The lowest BCUT2D eigenvalue weighted by molar-refractivity contribution is 0.0998. The second kappa shape index (κ2) is 7.74. The highest BCUT2D eigenvalue weighted by Crippen LogP contribution is 2.33. The Balaban J connectivity index is 2.16. The van der Waals surface area contributed by atoms with Gasteiger partial charge in [0.1, 0.15) is 0 Å². The summed E-state index contributed by atoms with van der Waals surface area (Å²) in [6.07, 6.45) is 0.937. The minimum absolute atomic E-state index is 0.236. The predicted molar refractivity (Wildman–Crippen MR) is 104 cm³/mol. The first-order valence-electron chi connectivity index (χ1n) is 8.48. The molecule has 0 bridgehead atoms. The van der Waals surface area contributed by atoms with Crippen LogP contribution in [0.3, 0.4) is 0 Å². The van der Waals surface area contributed by atoms with Crippen LogP contribution in [-0.4, -0.2) is 24.7 Å². The number of benzene rings is 2. The lowest BCUT2D eigenvalue weighted by atomic mass is 10.1. The summed E-state index contributed by atoms with van der Waals surface area (Å²) < 4.78 is 13.9. The van der Waals surface area contributed by atoms with Crippen LogP contribution in [0.5, 0.6) is 11.5 Å². The van der Waals surface area contributed by atoms with E-state index >= 15 is 0 Å². The molecule has 1 heterocycles. The number of fused-ring (bicyclic) bond motifs is 1. The van der Waals surface area contributed by atoms with E-state index in [1.54, 1.807) is 14.2 Å². The number of hydrogen-bond donors (Lipinski definition) is 0. The van der Waals surface area contributed by atoms with E-state index in [0.717, 1.165) is 28.7 Å². The fraction of sp³-hybridized carbons (Fsp3) is 0.300. The molecule has 1 aromatic heterocycles. The van der Waals surface area contributed by atoms with Gasteiger partial charge < -0.3 is 14.0 Å². The zero-order chi connectivity index (χ0) is 18.7. The van der Waals surface area contributed by atoms with Gasteiger partial charge in [0.2, 0.25) is 0 Å². The van der Waals surface area contributed by atoms with E-state index < -0.39 is 0 Å². The van der Waals surface area contributed by atoms with Crippen LogP contribution in [0.1, 0.15) is 29.3 Å². The van der Waals surface area contributed by atoms with Crippen LogP contribution < -0.4 is 14.3 Å². The maximum Gasteiger partial charge on any atom is 0.279 e. The average Bonchev–Trinajstić information content (AvgIpc) is 2.97. The van der Waals surface area contributed by atoms with Gasteiger partial charge in [-0.25, -0.2) is 0 Å². The van der Waals surface area contributed by atoms with Gasteiger partial charge in [-0.15, -0.1) is 0 Å². The molecule has 0 spiro atoms. The number of methoxy groups -OCH3 is 2. The zero-order valence-corrected chi connectivity index (χ0v) is 16.2. The molecule has 0 fully saturated rings. The molecule has 3 aromatic rings. The first-order valence-corrected chi connectivity index (χ1v) is 9.30. The first-order chi connectivity index (χ1) is 12.6. The molecule has 0 aliphatic rings. The van der Waals surface area contributed by atoms with E-state index in [4.69, 9.17) is 9.47 Å². The maximum atomic E-state index is 12.6. The first kappa shape index (κ1) is 18.2. The monoisotopic (exact) mass is 370 g/mol. The number of amides is 1. The second-order valence-electron chi connectivity index (χ2n) is 5.99. The summed E-state index contributed by atoms with van der Waals surface area (Å²) in [5, 5.41) is 0. The summed E-state index contributed by atoms with van der Waals surface area (Å²) in [6.45, 7) is 4.87. The van der Waals surface area contributed by atoms with Crippen molar-refractivity contribution in [2.24, 2.45) is 4.99 Å². The summed E-state index contributed by atoms with van der Waals surface area (Å²) in [5.41, 5.74) is 2.69. The normalized spacial score (nSPS) is 11.8. The van der Waals surface area contributed by atoms with Gasteiger partial charge in [0.05, 0.1) is 24.4 Å². The van der Waals surface area contributed by atoms with Gasteiger partial charge in [-0.2, -0.15) is 4.99 Å². The number of ether oxygens (including phenoxy) is 2. The molecule has 0 radical (unpaired) electrons. The third kappa shape index (κ3) is 3.51. The Morgan fingerprint density at radius 3 is 2.38 bits per heavy atom. The quantitative estimate of drug-likeness (QED) is 0.677. The van der Waals surface area contributed by atoms with Crippen molar-refractivity contribution in [2.45, 2.75) is 26.8 Å². The van der Waals surface area contributed by atoms with Gasteiger partial charge in [-0.3, -0.25) is 4.79 Å². The van der Waals surface area contributed by atoms with Crippen LogP contribution in [0.25, 0.3) is 10.2 Å². The molecule has 0 saturated heterocycles. The van der Waals surface area contributed by atoms with Crippen LogP contribution in [0.2, 0.25) is 0 Å². The van der Waals surface area contributed by atoms with Crippen LogP contribution in [-0.2, 0) is 6.54 Å². The highest BCUT2D eigenvalue weighted by Gasteiger charge is 2.13. The number of carbonyl (C=O) groups is 1. The molecule has 0 aliphatic heterocycles. The van der Waals surface area contributed by atoms with E-state index in [-0.39, 0.29) is 5.91 Å². The molecule has 136 valence electrons. The van der Waals surface area contributed by atoms with Crippen LogP contribution >= 0.6 is 11.3 Å². The Hall–Kier alpha value is -2.60. The van der Waals surface area contributed by atoms with Crippen molar-refractivity contribution in [2.75, 3.05) is 14.2 Å². The van der Waals surface area contributed by atoms with Gasteiger partial charge in [-0.05, 0) is 25.5 Å². The highest BCUT2D eigenvalue weighted by atomic mass is 32.1. The van der Waals surface area contributed by atoms with Crippen molar-refractivity contribution in [3.63, 3.8) is 0 Å². The number of thiazole rings is 1. The second-order valence-corrected chi connectivity index (χ2v) is 7.00. The van der Waals surface area contributed by atoms with Crippen molar-refractivity contribution in [1.82, 2.24) is 4.57 Å². The molecule has 5 nitrogen and oxygen atoms in total. The topological polar surface area (TPSA) is 52.8 Å². The number of carbonyl (C=O) groups excluding carboxylic acids is 1. The zero-order valence-electron chi connectivity index (χ0n) is 15.4. The van der Waals surface area contributed by atoms with E-state index in [1.807, 2.05) is 43.3 Å². The summed E-state index contributed by atoms with van der Waals surface area (Å²) in [6, 6.07) is 11.3. The SMILES string of the molecule is CCCn1c(=NC(=O)c2ccc(C)cc2)sc2cc(OC)c(OC)cc21. The molecular weight excluding hydrogens is 348 g/mol. The van der Waals surface area contributed by atoms with Gasteiger partial charge in [0.15, 0.2) is 16.3 Å². The average molecular weight is 370 g/mol. The maximum absolute atomic E-state index is 12.6. The minimum Gasteiger partial charge on any atom is -0.493 e. The molecule has 26 heavy (non-hydrogen) atoms. The minimum atomic E-state index is -0.236. The smallest absolute Gasteiger partial charge is 0.279 e. The third-order valence-electron chi connectivity index (χ3n) is 4.13. The number of aryl methyl sites for hydroxylation is 2. The van der Waals surface area contributed by atoms with E-state index in [9.17, 15) is 4.79 Å². The summed E-state index contributed by atoms with van der Waals surface area (Å²) >= 11 is 1.48. The van der Waals surface area contributed by atoms with Gasteiger partial charge >= 0.3 is 0 Å². The molecule has 0 saturated carbocycles.